The van der Waals surface area contributed by atoms with Crippen molar-refractivity contribution in [3.63, 3.8) is 0 Å². The number of hydrogen-bond donors (Lipinski definition) is 1. The molecule has 148 valence electrons. The number of carbonyl (C=O) groups is 1. The Hall–Kier alpha value is -3.64. The fourth-order valence-corrected chi connectivity index (χ4v) is 5.20. The highest BCUT2D eigenvalue weighted by molar-refractivity contribution is 7.91. The van der Waals surface area contributed by atoms with E-state index in [0.717, 1.165) is 22.0 Å². The van der Waals surface area contributed by atoms with Gasteiger partial charge < -0.3 is 10.6 Å². The Morgan fingerprint density at radius 2 is 1.47 bits per heavy atom. The second-order valence-electron chi connectivity index (χ2n) is 7.25. The molecule has 0 saturated heterocycles. The minimum absolute atomic E-state index is 0.0813. The second-order valence-corrected chi connectivity index (χ2v) is 9.20. The molecule has 0 spiro atoms. The molecule has 0 radical (unpaired) electrons. The lowest BCUT2D eigenvalue weighted by Crippen LogP contribution is -2.26. The quantitative estimate of drug-likeness (QED) is 0.502. The van der Waals surface area contributed by atoms with Crippen LogP contribution in [0.2, 0.25) is 0 Å². The standard InChI is InChI=1S/C24H18N2O3S/c25-21-13-14-22-23-19(21)7-4-8-20(23)24(27)26(22)15-16-9-11-18(12-10-16)30(28,29)17-5-2-1-3-6-17/h1-14H,15,25H2. The van der Waals surface area contributed by atoms with Gasteiger partial charge in [-0.1, -0.05) is 42.5 Å². The van der Waals surface area contributed by atoms with E-state index >= 15 is 0 Å². The molecule has 0 unspecified atom stereocenters. The van der Waals surface area contributed by atoms with Crippen LogP contribution in [0.5, 0.6) is 0 Å². The van der Waals surface area contributed by atoms with E-state index in [0.29, 0.717) is 17.8 Å². The van der Waals surface area contributed by atoms with E-state index in [2.05, 4.69) is 0 Å². The van der Waals surface area contributed by atoms with Crippen LogP contribution < -0.4 is 10.6 Å². The van der Waals surface area contributed by atoms with Gasteiger partial charge in [-0.05, 0) is 48.0 Å². The Bertz CT molecular complexity index is 1400. The number of nitrogens with zero attached hydrogens (tertiary/aromatic N) is 1. The van der Waals surface area contributed by atoms with Gasteiger partial charge in [0.1, 0.15) is 0 Å². The maximum atomic E-state index is 13.0. The van der Waals surface area contributed by atoms with Gasteiger partial charge in [-0.25, -0.2) is 8.42 Å². The highest BCUT2D eigenvalue weighted by Crippen LogP contribution is 2.40. The van der Waals surface area contributed by atoms with Gasteiger partial charge in [0.15, 0.2) is 0 Å². The Morgan fingerprint density at radius 1 is 0.767 bits per heavy atom. The van der Waals surface area contributed by atoms with Crippen molar-refractivity contribution in [3.8, 4) is 0 Å². The van der Waals surface area contributed by atoms with E-state index in [1.807, 2.05) is 30.3 Å². The summed E-state index contributed by atoms with van der Waals surface area (Å²) in [6.45, 7) is 0.345. The SMILES string of the molecule is Nc1ccc2c3c(cccc13)C(=O)N2Cc1ccc(S(=O)(=O)c2ccccc2)cc1. The predicted molar refractivity (Wildman–Crippen MR) is 117 cm³/mol. The molecule has 6 heteroatoms. The molecule has 0 atom stereocenters. The summed E-state index contributed by atoms with van der Waals surface area (Å²) in [4.78, 5) is 15.2. The van der Waals surface area contributed by atoms with Crippen LogP contribution in [-0.4, -0.2) is 14.3 Å². The molecule has 0 saturated carbocycles. The van der Waals surface area contributed by atoms with Gasteiger partial charge in [0.25, 0.3) is 5.91 Å². The zero-order chi connectivity index (χ0) is 20.9. The molecule has 0 bridgehead atoms. The smallest absolute Gasteiger partial charge is 0.259 e. The molecular weight excluding hydrogens is 396 g/mol. The summed E-state index contributed by atoms with van der Waals surface area (Å²) in [5.74, 6) is -0.0813. The number of benzene rings is 4. The summed E-state index contributed by atoms with van der Waals surface area (Å²) >= 11 is 0. The van der Waals surface area contributed by atoms with Crippen molar-refractivity contribution in [2.45, 2.75) is 16.3 Å². The van der Waals surface area contributed by atoms with Crippen molar-refractivity contribution >= 4 is 37.9 Å². The number of rotatable bonds is 4. The Kier molecular flexibility index (Phi) is 4.11. The van der Waals surface area contributed by atoms with Crippen LogP contribution in [0.4, 0.5) is 11.4 Å². The average Bonchev–Trinajstić information content (AvgIpc) is 3.04. The zero-order valence-electron chi connectivity index (χ0n) is 15.9. The van der Waals surface area contributed by atoms with Gasteiger partial charge >= 0.3 is 0 Å². The van der Waals surface area contributed by atoms with E-state index in [4.69, 9.17) is 5.73 Å². The Balaban J connectivity index is 1.47. The Morgan fingerprint density at radius 3 is 2.20 bits per heavy atom. The van der Waals surface area contributed by atoms with Crippen molar-refractivity contribution in [1.82, 2.24) is 0 Å². The molecule has 0 aromatic heterocycles. The van der Waals surface area contributed by atoms with Crippen LogP contribution in [0.3, 0.4) is 0 Å². The van der Waals surface area contributed by atoms with Crippen LogP contribution in [0.25, 0.3) is 10.8 Å². The van der Waals surface area contributed by atoms with Gasteiger partial charge in [0, 0.05) is 22.0 Å². The van der Waals surface area contributed by atoms with Crippen LogP contribution >= 0.6 is 0 Å². The topological polar surface area (TPSA) is 80.5 Å². The number of nitrogen functional groups attached to an aromatic ring is 1. The summed E-state index contributed by atoms with van der Waals surface area (Å²) in [7, 11) is -3.57. The number of anilines is 2. The first-order valence-electron chi connectivity index (χ1n) is 9.49. The molecule has 30 heavy (non-hydrogen) atoms. The number of nitrogens with two attached hydrogens (primary N) is 1. The third-order valence-corrected chi connectivity index (χ3v) is 7.23. The average molecular weight is 414 g/mol. The van der Waals surface area contributed by atoms with Crippen molar-refractivity contribution in [2.24, 2.45) is 0 Å². The van der Waals surface area contributed by atoms with Crippen LogP contribution in [0, 0.1) is 0 Å². The molecule has 4 aromatic rings. The maximum absolute atomic E-state index is 13.0. The van der Waals surface area contributed by atoms with Crippen molar-refractivity contribution < 1.29 is 13.2 Å². The lowest BCUT2D eigenvalue weighted by molar-refractivity contribution is 0.0991. The third kappa shape index (κ3) is 2.76. The summed E-state index contributed by atoms with van der Waals surface area (Å²) in [5.41, 5.74) is 9.02. The number of hydrogen-bond acceptors (Lipinski definition) is 4. The van der Waals surface area contributed by atoms with Gasteiger partial charge in [0.05, 0.1) is 22.0 Å². The summed E-state index contributed by atoms with van der Waals surface area (Å²) in [5, 5.41) is 1.73. The van der Waals surface area contributed by atoms with Crippen LogP contribution in [0.15, 0.2) is 94.7 Å². The van der Waals surface area contributed by atoms with Gasteiger partial charge in [-0.3, -0.25) is 4.79 Å². The first-order valence-corrected chi connectivity index (χ1v) is 11.0. The minimum Gasteiger partial charge on any atom is -0.398 e. The van der Waals surface area contributed by atoms with Gasteiger partial charge in [0.2, 0.25) is 9.84 Å². The molecule has 1 aliphatic heterocycles. The highest BCUT2D eigenvalue weighted by atomic mass is 32.2. The fraction of sp³-hybridized carbons (Fsp3) is 0.0417. The van der Waals surface area contributed by atoms with Crippen molar-refractivity contribution in [2.75, 3.05) is 10.6 Å². The molecule has 1 amide bonds. The number of carbonyl (C=O) groups excluding carboxylic acids is 1. The lowest BCUT2D eigenvalue weighted by atomic mass is 10.0. The number of amides is 1. The molecule has 0 fully saturated rings. The molecule has 5 rings (SSSR count). The highest BCUT2D eigenvalue weighted by Gasteiger charge is 2.30. The van der Waals surface area contributed by atoms with Gasteiger partial charge in [-0.2, -0.15) is 0 Å². The zero-order valence-corrected chi connectivity index (χ0v) is 16.8. The molecule has 1 aliphatic rings. The first kappa shape index (κ1) is 18.4. The van der Waals surface area contributed by atoms with E-state index in [-0.39, 0.29) is 15.7 Å². The van der Waals surface area contributed by atoms with E-state index < -0.39 is 9.84 Å². The number of sulfone groups is 1. The molecular formula is C24H18N2O3S. The van der Waals surface area contributed by atoms with Crippen molar-refractivity contribution in [3.05, 3.63) is 96.1 Å². The molecule has 1 heterocycles. The second kappa shape index (κ2) is 6.71. The largest absolute Gasteiger partial charge is 0.398 e. The third-order valence-electron chi connectivity index (χ3n) is 5.45. The van der Waals surface area contributed by atoms with E-state index in [9.17, 15) is 13.2 Å². The Labute approximate surface area is 174 Å². The first-order chi connectivity index (χ1) is 14.5. The van der Waals surface area contributed by atoms with E-state index in [1.165, 1.54) is 0 Å². The minimum atomic E-state index is -3.57. The lowest BCUT2D eigenvalue weighted by Gasteiger charge is -2.18. The van der Waals surface area contributed by atoms with Crippen molar-refractivity contribution in [1.29, 1.82) is 0 Å². The summed E-state index contributed by atoms with van der Waals surface area (Å²) in [6.07, 6.45) is 0. The fourth-order valence-electron chi connectivity index (χ4n) is 3.92. The summed E-state index contributed by atoms with van der Waals surface area (Å²) < 4.78 is 25.5. The van der Waals surface area contributed by atoms with E-state index in [1.54, 1.807) is 59.5 Å². The monoisotopic (exact) mass is 414 g/mol. The molecule has 5 nitrogen and oxygen atoms in total. The van der Waals surface area contributed by atoms with Gasteiger partial charge in [-0.15, -0.1) is 0 Å². The molecule has 4 aromatic carbocycles. The van der Waals surface area contributed by atoms with Crippen LogP contribution in [-0.2, 0) is 16.4 Å². The molecule has 0 aliphatic carbocycles. The predicted octanol–water partition coefficient (Wildman–Crippen LogP) is 4.42. The maximum Gasteiger partial charge on any atom is 0.259 e. The van der Waals surface area contributed by atoms with Crippen LogP contribution in [0.1, 0.15) is 15.9 Å². The summed E-state index contributed by atoms with van der Waals surface area (Å²) in [6, 6.07) is 24.2. The normalized spacial score (nSPS) is 13.2. The molecule has 2 N–H and O–H groups in total.